The number of rotatable bonds is 3. The highest BCUT2D eigenvalue weighted by Gasteiger charge is 2.46. The molecule has 2 aliphatic heterocycles. The Hall–Kier alpha value is -2.63. The van der Waals surface area contributed by atoms with Gasteiger partial charge in [0.05, 0.1) is 24.2 Å². The number of aryl methyl sites for hydroxylation is 2. The molecule has 1 atom stereocenters. The fraction of sp³-hybridized carbons (Fsp3) is 0.450. The van der Waals surface area contributed by atoms with Crippen LogP contribution in [0.5, 0.6) is 5.75 Å². The Bertz CT molecular complexity index is 853. The van der Waals surface area contributed by atoms with E-state index in [0.29, 0.717) is 50.1 Å². The Morgan fingerprint density at radius 3 is 2.88 bits per heavy atom. The van der Waals surface area contributed by atoms with Crippen LogP contribution in [0.15, 0.2) is 28.8 Å². The summed E-state index contributed by atoms with van der Waals surface area (Å²) in [7, 11) is 0. The van der Waals surface area contributed by atoms with Crippen molar-refractivity contribution in [3.8, 4) is 5.75 Å². The second-order valence-electron chi connectivity index (χ2n) is 7.25. The first-order valence-corrected chi connectivity index (χ1v) is 8.98. The van der Waals surface area contributed by atoms with Crippen molar-refractivity contribution in [1.29, 1.82) is 0 Å². The summed E-state index contributed by atoms with van der Waals surface area (Å²) in [6.45, 7) is 4.84. The van der Waals surface area contributed by atoms with Crippen LogP contribution in [-0.4, -0.2) is 40.4 Å². The largest absolute Gasteiger partial charge is 0.484 e. The van der Waals surface area contributed by atoms with Gasteiger partial charge in [-0.2, -0.15) is 0 Å². The fourth-order valence-corrected chi connectivity index (χ4v) is 3.98. The van der Waals surface area contributed by atoms with Crippen molar-refractivity contribution in [2.45, 2.75) is 45.1 Å². The molecular weight excluding hydrogens is 332 g/mol. The Labute approximate surface area is 152 Å². The number of Topliss-reactive ketones (excluding diaryl/α,β-unsaturated/α-hetero) is 1. The number of amides is 1. The van der Waals surface area contributed by atoms with E-state index in [1.54, 1.807) is 6.07 Å². The molecule has 1 saturated heterocycles. The number of benzene rings is 1. The number of fused-ring (bicyclic) bond motifs is 1. The highest BCUT2D eigenvalue weighted by molar-refractivity contribution is 6.00. The lowest BCUT2D eigenvalue weighted by Gasteiger charge is -2.34. The molecule has 1 amide bonds. The number of hydrogen-bond acceptors (Lipinski definition) is 5. The van der Waals surface area contributed by atoms with Gasteiger partial charge in [-0.15, -0.1) is 0 Å². The maximum Gasteiger partial charge on any atom is 0.223 e. The smallest absolute Gasteiger partial charge is 0.223 e. The van der Waals surface area contributed by atoms with Crippen LogP contribution in [0.3, 0.4) is 0 Å². The van der Waals surface area contributed by atoms with Crippen molar-refractivity contribution in [1.82, 2.24) is 10.1 Å². The highest BCUT2D eigenvalue weighted by Crippen LogP contribution is 2.38. The van der Waals surface area contributed by atoms with Gasteiger partial charge >= 0.3 is 0 Å². The first-order chi connectivity index (χ1) is 12.5. The van der Waals surface area contributed by atoms with Gasteiger partial charge in [0.2, 0.25) is 5.91 Å². The third-order valence-corrected chi connectivity index (χ3v) is 5.44. The van der Waals surface area contributed by atoms with Crippen LogP contribution >= 0.6 is 0 Å². The van der Waals surface area contributed by atoms with Gasteiger partial charge in [0.15, 0.2) is 5.78 Å². The van der Waals surface area contributed by atoms with Gasteiger partial charge in [0, 0.05) is 24.9 Å². The first-order valence-electron chi connectivity index (χ1n) is 8.98. The molecule has 0 bridgehead atoms. The number of nitrogens with zero attached hydrogens (tertiary/aromatic N) is 2. The van der Waals surface area contributed by atoms with E-state index in [1.807, 2.05) is 36.9 Å². The van der Waals surface area contributed by atoms with Gasteiger partial charge < -0.3 is 14.2 Å². The van der Waals surface area contributed by atoms with Gasteiger partial charge in [-0.3, -0.25) is 9.59 Å². The minimum atomic E-state index is -0.579. The molecule has 6 nitrogen and oxygen atoms in total. The van der Waals surface area contributed by atoms with Gasteiger partial charge in [-0.05, 0) is 32.4 Å². The molecule has 0 saturated carbocycles. The summed E-state index contributed by atoms with van der Waals surface area (Å²) in [6, 6.07) is 7.34. The number of carbonyl (C=O) groups is 2. The molecule has 2 aromatic rings. The number of para-hydroxylation sites is 1. The van der Waals surface area contributed by atoms with Crippen LogP contribution < -0.4 is 4.74 Å². The van der Waals surface area contributed by atoms with E-state index in [0.717, 1.165) is 17.0 Å². The molecule has 26 heavy (non-hydrogen) atoms. The molecule has 0 N–H and O–H groups in total. The summed E-state index contributed by atoms with van der Waals surface area (Å²) in [4.78, 5) is 26.9. The topological polar surface area (TPSA) is 72.6 Å². The summed E-state index contributed by atoms with van der Waals surface area (Å²) in [6.07, 6.45) is 2.04. The predicted molar refractivity (Wildman–Crippen MR) is 94.2 cm³/mol. The van der Waals surface area contributed by atoms with E-state index in [9.17, 15) is 9.59 Å². The van der Waals surface area contributed by atoms with E-state index in [2.05, 4.69) is 5.16 Å². The molecule has 2 aliphatic rings. The van der Waals surface area contributed by atoms with Gasteiger partial charge in [-0.1, -0.05) is 17.3 Å². The Morgan fingerprint density at radius 2 is 2.12 bits per heavy atom. The van der Waals surface area contributed by atoms with Gasteiger partial charge in [-0.25, -0.2) is 0 Å². The lowest BCUT2D eigenvalue weighted by atomic mass is 9.89. The average molecular weight is 354 g/mol. The summed E-state index contributed by atoms with van der Waals surface area (Å²) >= 11 is 0. The van der Waals surface area contributed by atoms with Crippen LogP contribution in [0.4, 0.5) is 0 Å². The van der Waals surface area contributed by atoms with Crippen LogP contribution in [0.25, 0.3) is 0 Å². The number of ketones is 1. The highest BCUT2D eigenvalue weighted by atomic mass is 16.5. The zero-order valence-electron chi connectivity index (χ0n) is 15.1. The van der Waals surface area contributed by atoms with E-state index in [4.69, 9.17) is 9.26 Å². The van der Waals surface area contributed by atoms with Crippen molar-refractivity contribution in [3.05, 3.63) is 46.8 Å². The molecule has 1 aromatic carbocycles. The number of aromatic nitrogens is 1. The van der Waals surface area contributed by atoms with Crippen LogP contribution in [0.2, 0.25) is 0 Å². The van der Waals surface area contributed by atoms with Gasteiger partial charge in [0.25, 0.3) is 0 Å². The molecule has 0 radical (unpaired) electrons. The molecule has 4 rings (SSSR count). The van der Waals surface area contributed by atoms with E-state index in [-0.39, 0.29) is 11.7 Å². The molecule has 0 aliphatic carbocycles. The number of ether oxygens (including phenoxy) is 1. The number of hydrogen-bond donors (Lipinski definition) is 0. The number of carbonyl (C=O) groups excluding carboxylic acids is 2. The molecule has 136 valence electrons. The Balaban J connectivity index is 1.42. The second kappa shape index (κ2) is 6.27. The first kappa shape index (κ1) is 16.8. The molecule has 1 spiro atoms. The SMILES string of the molecule is Cc1noc(C)c1CCC(=O)N1CC[C@@]2(CC(=O)c3ccccc3O2)C1. The fourth-order valence-electron chi connectivity index (χ4n) is 3.98. The van der Waals surface area contributed by atoms with E-state index < -0.39 is 5.60 Å². The van der Waals surface area contributed by atoms with Gasteiger partial charge in [0.1, 0.15) is 17.1 Å². The lowest BCUT2D eigenvalue weighted by molar-refractivity contribution is -0.130. The van der Waals surface area contributed by atoms with Crippen LogP contribution in [0, 0.1) is 13.8 Å². The number of likely N-dealkylation sites (tertiary alicyclic amines) is 1. The average Bonchev–Trinajstić information content (AvgIpc) is 3.17. The molecule has 0 unspecified atom stereocenters. The van der Waals surface area contributed by atoms with Crippen molar-refractivity contribution in [2.24, 2.45) is 0 Å². The molecule has 1 aromatic heterocycles. The second-order valence-corrected chi connectivity index (χ2v) is 7.25. The third-order valence-electron chi connectivity index (χ3n) is 5.44. The summed E-state index contributed by atoms with van der Waals surface area (Å²) < 4.78 is 11.3. The minimum Gasteiger partial charge on any atom is -0.484 e. The maximum atomic E-state index is 12.7. The monoisotopic (exact) mass is 354 g/mol. The van der Waals surface area contributed by atoms with Crippen molar-refractivity contribution in [2.75, 3.05) is 13.1 Å². The zero-order valence-corrected chi connectivity index (χ0v) is 15.1. The normalized spacial score (nSPS) is 21.8. The molecule has 3 heterocycles. The summed E-state index contributed by atoms with van der Waals surface area (Å²) in [5, 5.41) is 3.93. The van der Waals surface area contributed by atoms with Crippen molar-refractivity contribution < 1.29 is 18.8 Å². The molecular formula is C20H22N2O4. The van der Waals surface area contributed by atoms with Crippen LogP contribution in [0.1, 0.15) is 46.6 Å². The molecule has 6 heteroatoms. The quantitative estimate of drug-likeness (QED) is 0.847. The van der Waals surface area contributed by atoms with E-state index >= 15 is 0 Å². The van der Waals surface area contributed by atoms with Crippen molar-refractivity contribution in [3.63, 3.8) is 0 Å². The Morgan fingerprint density at radius 1 is 1.31 bits per heavy atom. The lowest BCUT2D eigenvalue weighted by Crippen LogP contribution is -2.45. The van der Waals surface area contributed by atoms with Crippen molar-refractivity contribution >= 4 is 11.7 Å². The molecule has 1 fully saturated rings. The Kier molecular flexibility index (Phi) is 4.05. The third kappa shape index (κ3) is 2.89. The summed E-state index contributed by atoms with van der Waals surface area (Å²) in [5.74, 6) is 1.58. The minimum absolute atomic E-state index is 0.0804. The standard InChI is InChI=1S/C20H22N2O4/c1-13-15(14(2)26-21-13)7-8-19(24)22-10-9-20(12-22)11-17(23)16-5-3-4-6-18(16)25-20/h3-6H,7-12H2,1-2H3/t20-/m1/s1. The maximum absolute atomic E-state index is 12.7. The zero-order chi connectivity index (χ0) is 18.3. The summed E-state index contributed by atoms with van der Waals surface area (Å²) in [5.41, 5.74) is 1.90. The predicted octanol–water partition coefficient (Wildman–Crippen LogP) is 2.86. The van der Waals surface area contributed by atoms with Crippen LogP contribution in [-0.2, 0) is 11.2 Å². The van der Waals surface area contributed by atoms with E-state index in [1.165, 1.54) is 0 Å².